The Morgan fingerprint density at radius 2 is 1.83 bits per heavy atom. The van der Waals surface area contributed by atoms with Crippen molar-refractivity contribution in [3.8, 4) is 5.75 Å². The summed E-state index contributed by atoms with van der Waals surface area (Å²) in [6, 6.07) is 8.02. The predicted octanol–water partition coefficient (Wildman–Crippen LogP) is 2.76. The minimum Gasteiger partial charge on any atom is -0.485 e. The molecule has 2 N–H and O–H groups in total. The fraction of sp³-hybridized carbons (Fsp3) is 0.286. The molecule has 0 saturated carbocycles. The minimum atomic E-state index is 0.351. The first-order chi connectivity index (χ1) is 8.66. The molecule has 2 aromatic rings. The number of ether oxygens (including phenoxy) is 1. The van der Waals surface area contributed by atoms with Crippen LogP contribution in [0.25, 0.3) is 0 Å². The summed E-state index contributed by atoms with van der Waals surface area (Å²) in [5, 5.41) is 0. The zero-order valence-corrected chi connectivity index (χ0v) is 10.6. The molecule has 0 fully saturated rings. The predicted molar refractivity (Wildman–Crippen MR) is 71.3 cm³/mol. The molecular formula is C14H17N3O. The Hall–Kier alpha value is -2.10. The van der Waals surface area contributed by atoms with Crippen LogP contribution in [0.4, 0.5) is 5.69 Å². The van der Waals surface area contributed by atoms with Gasteiger partial charge in [0.25, 0.3) is 0 Å². The number of hydrogen-bond acceptors (Lipinski definition) is 4. The highest BCUT2D eigenvalue weighted by molar-refractivity contribution is 5.35. The molecule has 0 radical (unpaired) electrons. The van der Waals surface area contributed by atoms with Crippen molar-refractivity contribution in [3.63, 3.8) is 0 Å². The van der Waals surface area contributed by atoms with Gasteiger partial charge in [0, 0.05) is 0 Å². The summed E-state index contributed by atoms with van der Waals surface area (Å²) in [7, 11) is 0. The van der Waals surface area contributed by atoms with Gasteiger partial charge in [-0.1, -0.05) is 32.0 Å². The van der Waals surface area contributed by atoms with Crippen LogP contribution in [-0.2, 0) is 6.61 Å². The standard InChI is InChI=1S/C14H17N3O/c1-10(2)12-5-3-4-6-13(12)18-9-14-16-7-11(15)8-17-14/h3-8,10H,9,15H2,1-2H3. The number of nitrogens with zero attached hydrogens (tertiary/aromatic N) is 2. The number of rotatable bonds is 4. The summed E-state index contributed by atoms with van der Waals surface area (Å²) in [5.41, 5.74) is 7.28. The van der Waals surface area contributed by atoms with Crippen molar-refractivity contribution in [2.24, 2.45) is 0 Å². The lowest BCUT2D eigenvalue weighted by molar-refractivity contribution is 0.291. The summed E-state index contributed by atoms with van der Waals surface area (Å²) in [4.78, 5) is 8.21. The summed E-state index contributed by atoms with van der Waals surface area (Å²) in [6.07, 6.45) is 3.17. The van der Waals surface area contributed by atoms with E-state index in [1.165, 1.54) is 5.56 Å². The Kier molecular flexibility index (Phi) is 3.77. The normalized spacial score (nSPS) is 10.6. The Morgan fingerprint density at radius 1 is 1.17 bits per heavy atom. The molecule has 2 rings (SSSR count). The van der Waals surface area contributed by atoms with E-state index in [1.807, 2.05) is 18.2 Å². The lowest BCUT2D eigenvalue weighted by Crippen LogP contribution is -2.04. The van der Waals surface area contributed by atoms with E-state index in [4.69, 9.17) is 10.5 Å². The Bertz CT molecular complexity index is 509. The van der Waals surface area contributed by atoms with Crippen molar-refractivity contribution in [3.05, 3.63) is 48.0 Å². The zero-order chi connectivity index (χ0) is 13.0. The fourth-order valence-corrected chi connectivity index (χ4v) is 1.67. The van der Waals surface area contributed by atoms with Crippen LogP contribution >= 0.6 is 0 Å². The smallest absolute Gasteiger partial charge is 0.166 e. The van der Waals surface area contributed by atoms with Gasteiger partial charge in [-0.3, -0.25) is 0 Å². The van der Waals surface area contributed by atoms with Gasteiger partial charge in [0.15, 0.2) is 5.82 Å². The summed E-state index contributed by atoms with van der Waals surface area (Å²) >= 11 is 0. The molecule has 1 aromatic carbocycles. The van der Waals surface area contributed by atoms with Gasteiger partial charge in [-0.15, -0.1) is 0 Å². The number of nitrogen functional groups attached to an aromatic ring is 1. The van der Waals surface area contributed by atoms with Crippen molar-refractivity contribution in [1.82, 2.24) is 9.97 Å². The number of aromatic nitrogens is 2. The van der Waals surface area contributed by atoms with Crippen LogP contribution in [0, 0.1) is 0 Å². The van der Waals surface area contributed by atoms with Crippen molar-refractivity contribution in [2.45, 2.75) is 26.4 Å². The van der Waals surface area contributed by atoms with E-state index in [1.54, 1.807) is 12.4 Å². The van der Waals surface area contributed by atoms with Crippen LogP contribution in [0.5, 0.6) is 5.75 Å². The number of nitrogens with two attached hydrogens (primary N) is 1. The Labute approximate surface area is 107 Å². The van der Waals surface area contributed by atoms with E-state index in [0.717, 1.165) is 5.75 Å². The molecule has 0 atom stereocenters. The summed E-state index contributed by atoms with van der Waals surface area (Å²) in [5.74, 6) is 1.93. The summed E-state index contributed by atoms with van der Waals surface area (Å²) < 4.78 is 5.76. The van der Waals surface area contributed by atoms with Crippen molar-refractivity contribution in [1.29, 1.82) is 0 Å². The quantitative estimate of drug-likeness (QED) is 0.897. The highest BCUT2D eigenvalue weighted by Crippen LogP contribution is 2.26. The van der Waals surface area contributed by atoms with Gasteiger partial charge >= 0.3 is 0 Å². The van der Waals surface area contributed by atoms with Gasteiger partial charge < -0.3 is 10.5 Å². The maximum Gasteiger partial charge on any atom is 0.166 e. The maximum atomic E-state index is 5.76. The first-order valence-corrected chi connectivity index (χ1v) is 5.95. The highest BCUT2D eigenvalue weighted by atomic mass is 16.5. The van der Waals surface area contributed by atoms with E-state index in [9.17, 15) is 0 Å². The SMILES string of the molecule is CC(C)c1ccccc1OCc1ncc(N)cn1. The second kappa shape index (κ2) is 5.49. The molecule has 1 aromatic heterocycles. The topological polar surface area (TPSA) is 61.0 Å². The first-order valence-electron chi connectivity index (χ1n) is 5.95. The fourth-order valence-electron chi connectivity index (χ4n) is 1.67. The molecule has 0 bridgehead atoms. The first kappa shape index (κ1) is 12.4. The average molecular weight is 243 g/mol. The third-order valence-electron chi connectivity index (χ3n) is 2.62. The molecule has 0 unspecified atom stereocenters. The molecule has 0 aliphatic heterocycles. The maximum absolute atomic E-state index is 5.76. The van der Waals surface area contributed by atoms with Crippen LogP contribution in [0.15, 0.2) is 36.7 Å². The Balaban J connectivity index is 2.08. The minimum absolute atomic E-state index is 0.351. The third-order valence-corrected chi connectivity index (χ3v) is 2.62. The van der Waals surface area contributed by atoms with Gasteiger partial charge in [-0.2, -0.15) is 0 Å². The van der Waals surface area contributed by atoms with Gasteiger partial charge in [0.1, 0.15) is 12.4 Å². The van der Waals surface area contributed by atoms with Crippen LogP contribution in [0.3, 0.4) is 0 Å². The summed E-state index contributed by atoms with van der Waals surface area (Å²) in [6.45, 7) is 4.63. The lowest BCUT2D eigenvalue weighted by atomic mass is 10.0. The van der Waals surface area contributed by atoms with Crippen LogP contribution in [-0.4, -0.2) is 9.97 Å². The zero-order valence-electron chi connectivity index (χ0n) is 10.6. The Morgan fingerprint density at radius 3 is 2.50 bits per heavy atom. The molecule has 0 aliphatic carbocycles. The van der Waals surface area contributed by atoms with E-state index < -0.39 is 0 Å². The van der Waals surface area contributed by atoms with Crippen LogP contribution in [0.2, 0.25) is 0 Å². The van der Waals surface area contributed by atoms with Crippen molar-refractivity contribution < 1.29 is 4.74 Å². The van der Waals surface area contributed by atoms with E-state index in [2.05, 4.69) is 29.9 Å². The molecule has 18 heavy (non-hydrogen) atoms. The van der Waals surface area contributed by atoms with Crippen molar-refractivity contribution >= 4 is 5.69 Å². The number of hydrogen-bond donors (Lipinski definition) is 1. The molecule has 0 spiro atoms. The third kappa shape index (κ3) is 2.97. The van der Waals surface area contributed by atoms with Gasteiger partial charge in [-0.25, -0.2) is 9.97 Å². The number of para-hydroxylation sites is 1. The molecule has 1 heterocycles. The molecule has 0 saturated heterocycles. The monoisotopic (exact) mass is 243 g/mol. The number of anilines is 1. The molecule has 4 nitrogen and oxygen atoms in total. The van der Waals surface area contributed by atoms with Gasteiger partial charge in [-0.05, 0) is 17.5 Å². The molecular weight excluding hydrogens is 226 g/mol. The average Bonchev–Trinajstić information content (AvgIpc) is 2.38. The van der Waals surface area contributed by atoms with Gasteiger partial charge in [0.05, 0.1) is 18.1 Å². The van der Waals surface area contributed by atoms with Crippen LogP contribution < -0.4 is 10.5 Å². The van der Waals surface area contributed by atoms with Crippen molar-refractivity contribution in [2.75, 3.05) is 5.73 Å². The van der Waals surface area contributed by atoms with E-state index >= 15 is 0 Å². The molecule has 0 amide bonds. The van der Waals surface area contributed by atoms with E-state index in [-0.39, 0.29) is 0 Å². The highest BCUT2D eigenvalue weighted by Gasteiger charge is 2.07. The number of benzene rings is 1. The molecule has 4 heteroatoms. The second-order valence-corrected chi connectivity index (χ2v) is 4.41. The van der Waals surface area contributed by atoms with E-state index in [0.29, 0.717) is 24.0 Å². The van der Waals surface area contributed by atoms with Crippen LogP contribution in [0.1, 0.15) is 31.2 Å². The lowest BCUT2D eigenvalue weighted by Gasteiger charge is -2.13. The van der Waals surface area contributed by atoms with Gasteiger partial charge in [0.2, 0.25) is 0 Å². The molecule has 0 aliphatic rings. The molecule has 94 valence electrons. The second-order valence-electron chi connectivity index (χ2n) is 4.41. The largest absolute Gasteiger partial charge is 0.485 e.